The second-order valence-corrected chi connectivity index (χ2v) is 7.56. The molecule has 0 bridgehead atoms. The summed E-state index contributed by atoms with van der Waals surface area (Å²) in [4.78, 5) is 25.1. The van der Waals surface area contributed by atoms with Gasteiger partial charge in [-0.1, -0.05) is 24.3 Å². The lowest BCUT2D eigenvalue weighted by atomic mass is 9.93. The Balaban J connectivity index is 2.10. The maximum atomic E-state index is 12.0. The number of hydrogen-bond acceptors (Lipinski definition) is 3. The molecular weight excluding hydrogens is 366 g/mol. The predicted octanol–water partition coefficient (Wildman–Crippen LogP) is 4.63. The first-order valence-corrected chi connectivity index (χ1v) is 10.3. The second-order valence-electron chi connectivity index (χ2n) is 7.56. The van der Waals surface area contributed by atoms with Crippen LogP contribution in [0.5, 0.6) is 5.75 Å². The smallest absolute Gasteiger partial charge is 0.307 e. The van der Waals surface area contributed by atoms with Crippen LogP contribution >= 0.6 is 0 Å². The third kappa shape index (κ3) is 5.17. The van der Waals surface area contributed by atoms with Gasteiger partial charge in [0.1, 0.15) is 5.75 Å². The molecule has 0 unspecified atom stereocenters. The average molecular weight is 395 g/mol. The van der Waals surface area contributed by atoms with Gasteiger partial charge in [0.25, 0.3) is 0 Å². The van der Waals surface area contributed by atoms with Crippen LogP contribution in [0.15, 0.2) is 36.4 Å². The van der Waals surface area contributed by atoms with E-state index in [0.29, 0.717) is 25.6 Å². The lowest BCUT2D eigenvalue weighted by molar-refractivity contribution is -0.136. The third-order valence-electron chi connectivity index (χ3n) is 5.36. The summed E-state index contributed by atoms with van der Waals surface area (Å²) in [6.45, 7) is 7.18. The van der Waals surface area contributed by atoms with Crippen molar-refractivity contribution in [2.24, 2.45) is 0 Å². The molecule has 2 aromatic rings. The Morgan fingerprint density at radius 2 is 1.86 bits per heavy atom. The number of rotatable bonds is 9. The van der Waals surface area contributed by atoms with Gasteiger partial charge >= 0.3 is 5.97 Å². The largest absolute Gasteiger partial charge is 0.493 e. The van der Waals surface area contributed by atoms with E-state index >= 15 is 0 Å². The Labute approximate surface area is 172 Å². The van der Waals surface area contributed by atoms with Gasteiger partial charge in [0.15, 0.2) is 0 Å². The summed E-state index contributed by atoms with van der Waals surface area (Å²) >= 11 is 0. The number of aliphatic carboxylic acids is 1. The van der Waals surface area contributed by atoms with Gasteiger partial charge in [-0.05, 0) is 67.0 Å². The van der Waals surface area contributed by atoms with Crippen LogP contribution in [0.25, 0.3) is 11.1 Å². The van der Waals surface area contributed by atoms with E-state index in [-0.39, 0.29) is 12.3 Å². The Kier molecular flexibility index (Phi) is 6.57. The van der Waals surface area contributed by atoms with Gasteiger partial charge in [0, 0.05) is 25.6 Å². The predicted molar refractivity (Wildman–Crippen MR) is 113 cm³/mol. The number of ether oxygens (including phenoxy) is 1. The van der Waals surface area contributed by atoms with Gasteiger partial charge < -0.3 is 14.7 Å². The minimum absolute atomic E-state index is 0.0383. The molecule has 0 aromatic heterocycles. The summed E-state index contributed by atoms with van der Waals surface area (Å²) < 4.78 is 5.85. The maximum absolute atomic E-state index is 12.0. The second kappa shape index (κ2) is 9.12. The summed E-state index contributed by atoms with van der Waals surface area (Å²) in [5.41, 5.74) is 4.97. The van der Waals surface area contributed by atoms with Gasteiger partial charge in [0.05, 0.1) is 13.0 Å². The number of carboxylic acid groups (broad SMARTS) is 1. The summed E-state index contributed by atoms with van der Waals surface area (Å²) in [5.74, 6) is 0.519. The SMILES string of the molecule is CCOc1ccc(CC(=O)O)cc1-c1ccc(C2CC2)cc1CN(CC)C(C)=O. The third-order valence-corrected chi connectivity index (χ3v) is 5.36. The van der Waals surface area contributed by atoms with E-state index in [1.807, 2.05) is 30.9 Å². The van der Waals surface area contributed by atoms with Crippen LogP contribution in [0.4, 0.5) is 0 Å². The highest BCUT2D eigenvalue weighted by Gasteiger charge is 2.25. The molecule has 1 aliphatic carbocycles. The molecule has 5 heteroatoms. The van der Waals surface area contributed by atoms with Crippen LogP contribution < -0.4 is 4.74 Å². The normalized spacial score (nSPS) is 13.2. The lowest BCUT2D eigenvalue weighted by Gasteiger charge is -2.23. The van der Waals surface area contributed by atoms with Crippen molar-refractivity contribution < 1.29 is 19.4 Å². The van der Waals surface area contributed by atoms with Gasteiger partial charge in [-0.15, -0.1) is 0 Å². The molecule has 0 atom stereocenters. The zero-order valence-corrected chi connectivity index (χ0v) is 17.4. The number of hydrogen-bond donors (Lipinski definition) is 1. The molecular formula is C24H29NO4. The summed E-state index contributed by atoms with van der Waals surface area (Å²) in [6.07, 6.45) is 2.38. The van der Waals surface area contributed by atoms with Crippen molar-refractivity contribution in [1.29, 1.82) is 0 Å². The van der Waals surface area contributed by atoms with Crippen molar-refractivity contribution in [2.45, 2.75) is 52.5 Å². The molecule has 5 nitrogen and oxygen atoms in total. The van der Waals surface area contributed by atoms with Crippen LogP contribution in [0.3, 0.4) is 0 Å². The Bertz CT molecular complexity index is 902. The van der Waals surface area contributed by atoms with Crippen molar-refractivity contribution in [3.05, 3.63) is 53.1 Å². The van der Waals surface area contributed by atoms with E-state index < -0.39 is 5.97 Å². The lowest BCUT2D eigenvalue weighted by Crippen LogP contribution is -2.28. The summed E-state index contributed by atoms with van der Waals surface area (Å²) in [6, 6.07) is 12.0. The first-order valence-electron chi connectivity index (χ1n) is 10.3. The van der Waals surface area contributed by atoms with Gasteiger partial charge in [-0.2, -0.15) is 0 Å². The van der Waals surface area contributed by atoms with E-state index in [2.05, 4.69) is 18.2 Å². The summed E-state index contributed by atoms with van der Waals surface area (Å²) in [5, 5.41) is 9.20. The molecule has 0 heterocycles. The summed E-state index contributed by atoms with van der Waals surface area (Å²) in [7, 11) is 0. The van der Waals surface area contributed by atoms with E-state index in [9.17, 15) is 14.7 Å². The van der Waals surface area contributed by atoms with Crippen LogP contribution in [0.1, 0.15) is 56.2 Å². The molecule has 1 fully saturated rings. The molecule has 154 valence electrons. The minimum atomic E-state index is -0.863. The van der Waals surface area contributed by atoms with Crippen molar-refractivity contribution in [2.75, 3.05) is 13.2 Å². The minimum Gasteiger partial charge on any atom is -0.493 e. The van der Waals surface area contributed by atoms with Crippen molar-refractivity contribution >= 4 is 11.9 Å². The zero-order chi connectivity index (χ0) is 21.0. The molecule has 29 heavy (non-hydrogen) atoms. The van der Waals surface area contributed by atoms with E-state index in [1.54, 1.807) is 13.0 Å². The van der Waals surface area contributed by atoms with E-state index in [4.69, 9.17) is 4.74 Å². The number of nitrogens with zero attached hydrogens (tertiary/aromatic N) is 1. The fourth-order valence-electron chi connectivity index (χ4n) is 3.68. The van der Waals surface area contributed by atoms with Gasteiger partial charge in [-0.3, -0.25) is 9.59 Å². The average Bonchev–Trinajstić information content (AvgIpc) is 3.52. The number of carbonyl (C=O) groups excluding carboxylic acids is 1. The van der Waals surface area contributed by atoms with Crippen molar-refractivity contribution in [3.8, 4) is 16.9 Å². The van der Waals surface area contributed by atoms with Gasteiger partial charge in [-0.25, -0.2) is 0 Å². The highest BCUT2D eigenvalue weighted by Crippen LogP contribution is 2.42. The standard InChI is InChI=1S/C24H29NO4/c1-4-25(16(3)26)15-20-14-19(18-7-8-18)9-10-21(20)22-12-17(13-24(27)28)6-11-23(22)29-5-2/h6,9-12,14,18H,4-5,7-8,13,15H2,1-3H3,(H,27,28). The molecule has 0 saturated heterocycles. The fraction of sp³-hybridized carbons (Fsp3) is 0.417. The molecule has 1 amide bonds. The van der Waals surface area contributed by atoms with E-state index in [1.165, 1.54) is 18.4 Å². The molecule has 0 aliphatic heterocycles. The number of benzene rings is 2. The Morgan fingerprint density at radius 1 is 1.10 bits per heavy atom. The quantitative estimate of drug-likeness (QED) is 0.672. The Morgan fingerprint density at radius 3 is 2.45 bits per heavy atom. The molecule has 0 radical (unpaired) electrons. The van der Waals surface area contributed by atoms with Crippen molar-refractivity contribution in [3.63, 3.8) is 0 Å². The number of carboxylic acids is 1. The molecule has 1 aliphatic rings. The molecule has 1 saturated carbocycles. The Hall–Kier alpha value is -2.82. The molecule has 1 N–H and O–H groups in total. The zero-order valence-electron chi connectivity index (χ0n) is 17.4. The van der Waals surface area contributed by atoms with Crippen LogP contribution in [-0.4, -0.2) is 35.0 Å². The first kappa shape index (κ1) is 20.9. The monoisotopic (exact) mass is 395 g/mol. The first-order chi connectivity index (χ1) is 13.9. The van der Waals surface area contributed by atoms with E-state index in [0.717, 1.165) is 28.0 Å². The van der Waals surface area contributed by atoms with Crippen LogP contribution in [-0.2, 0) is 22.6 Å². The molecule has 0 spiro atoms. The maximum Gasteiger partial charge on any atom is 0.307 e. The number of amides is 1. The molecule has 2 aromatic carbocycles. The van der Waals surface area contributed by atoms with Crippen molar-refractivity contribution in [1.82, 2.24) is 4.90 Å². The highest BCUT2D eigenvalue weighted by molar-refractivity contribution is 5.78. The van der Waals surface area contributed by atoms with Crippen LogP contribution in [0.2, 0.25) is 0 Å². The fourth-order valence-corrected chi connectivity index (χ4v) is 3.68. The number of carbonyl (C=O) groups is 2. The topological polar surface area (TPSA) is 66.8 Å². The highest BCUT2D eigenvalue weighted by atomic mass is 16.5. The van der Waals surface area contributed by atoms with Crippen LogP contribution in [0, 0.1) is 0 Å². The molecule has 3 rings (SSSR count). The van der Waals surface area contributed by atoms with Gasteiger partial charge in [0.2, 0.25) is 5.91 Å².